The van der Waals surface area contributed by atoms with E-state index in [1.54, 1.807) is 0 Å². The van der Waals surface area contributed by atoms with Crippen LogP contribution < -0.4 is 10.6 Å². The summed E-state index contributed by atoms with van der Waals surface area (Å²) in [5.74, 6) is 1.09. The van der Waals surface area contributed by atoms with Gasteiger partial charge in [-0.1, -0.05) is 60.7 Å². The molecule has 2 amide bonds. The molecule has 2 saturated carbocycles. The molecule has 0 bridgehead atoms. The summed E-state index contributed by atoms with van der Waals surface area (Å²) in [4.78, 5) is 25.4. The summed E-state index contributed by atoms with van der Waals surface area (Å²) in [6, 6.07) is 18.9. The van der Waals surface area contributed by atoms with Crippen LogP contribution in [0.15, 0.2) is 60.7 Å². The Balaban J connectivity index is 1.38. The third-order valence-corrected chi connectivity index (χ3v) is 5.67. The van der Waals surface area contributed by atoms with Crippen molar-refractivity contribution in [3.8, 4) is 0 Å². The zero-order valence-corrected chi connectivity index (χ0v) is 16.6. The van der Waals surface area contributed by atoms with Crippen molar-refractivity contribution in [3.05, 3.63) is 71.8 Å². The summed E-state index contributed by atoms with van der Waals surface area (Å²) in [5, 5.41) is 6.02. The molecule has 0 aromatic heterocycles. The molecular formula is C24H28N2O3. The predicted molar refractivity (Wildman–Crippen MR) is 111 cm³/mol. The molecule has 0 spiro atoms. The molecule has 2 aromatic carbocycles. The highest BCUT2D eigenvalue weighted by Crippen LogP contribution is 2.44. The Bertz CT molecular complexity index is 805. The SMILES string of the molecule is O=C(N[C@@H](Cc1ccccc1)C(=O)NC(C1CC1)C1CC1)OCc1ccccc1. The Morgan fingerprint density at radius 2 is 1.38 bits per heavy atom. The minimum absolute atomic E-state index is 0.116. The van der Waals surface area contributed by atoms with Gasteiger partial charge in [-0.2, -0.15) is 0 Å². The average Bonchev–Trinajstić information content (AvgIpc) is 3.65. The molecule has 2 N–H and O–H groups in total. The molecule has 0 unspecified atom stereocenters. The zero-order valence-electron chi connectivity index (χ0n) is 16.6. The first-order valence-electron chi connectivity index (χ1n) is 10.5. The number of nitrogens with one attached hydrogen (secondary N) is 2. The number of benzene rings is 2. The van der Waals surface area contributed by atoms with E-state index in [1.807, 2.05) is 60.7 Å². The Morgan fingerprint density at radius 3 is 1.93 bits per heavy atom. The monoisotopic (exact) mass is 392 g/mol. The first kappa shape index (κ1) is 19.5. The highest BCUT2D eigenvalue weighted by molar-refractivity contribution is 5.86. The van der Waals surface area contributed by atoms with Crippen LogP contribution in [-0.2, 0) is 22.6 Å². The van der Waals surface area contributed by atoms with Gasteiger partial charge in [0.05, 0.1) is 0 Å². The number of hydrogen-bond acceptors (Lipinski definition) is 3. The van der Waals surface area contributed by atoms with E-state index in [9.17, 15) is 9.59 Å². The smallest absolute Gasteiger partial charge is 0.408 e. The van der Waals surface area contributed by atoms with Gasteiger partial charge in [-0.3, -0.25) is 4.79 Å². The van der Waals surface area contributed by atoms with E-state index in [0.29, 0.717) is 18.3 Å². The zero-order chi connectivity index (χ0) is 20.1. The lowest BCUT2D eigenvalue weighted by Gasteiger charge is -2.23. The van der Waals surface area contributed by atoms with Gasteiger partial charge in [0, 0.05) is 12.5 Å². The molecule has 2 fully saturated rings. The summed E-state index contributed by atoms with van der Waals surface area (Å²) in [7, 11) is 0. The maximum absolute atomic E-state index is 13.1. The van der Waals surface area contributed by atoms with Crippen LogP contribution in [0.5, 0.6) is 0 Å². The van der Waals surface area contributed by atoms with E-state index in [-0.39, 0.29) is 18.6 Å². The average molecular weight is 392 g/mol. The van der Waals surface area contributed by atoms with Crippen LogP contribution in [0.4, 0.5) is 4.79 Å². The van der Waals surface area contributed by atoms with Crippen LogP contribution in [0.3, 0.4) is 0 Å². The fourth-order valence-corrected chi connectivity index (χ4v) is 3.76. The van der Waals surface area contributed by atoms with E-state index in [0.717, 1.165) is 11.1 Å². The molecular weight excluding hydrogens is 364 g/mol. The van der Waals surface area contributed by atoms with Crippen molar-refractivity contribution in [2.45, 2.75) is 50.8 Å². The number of amides is 2. The number of carbonyl (C=O) groups excluding carboxylic acids is 2. The topological polar surface area (TPSA) is 67.4 Å². The van der Waals surface area contributed by atoms with Crippen molar-refractivity contribution in [2.75, 3.05) is 0 Å². The molecule has 5 nitrogen and oxygen atoms in total. The van der Waals surface area contributed by atoms with E-state index in [1.165, 1.54) is 25.7 Å². The second-order valence-corrected chi connectivity index (χ2v) is 8.16. The van der Waals surface area contributed by atoms with Gasteiger partial charge in [0.25, 0.3) is 0 Å². The Hall–Kier alpha value is -2.82. The van der Waals surface area contributed by atoms with Crippen molar-refractivity contribution in [1.29, 1.82) is 0 Å². The lowest BCUT2D eigenvalue weighted by Crippen LogP contribution is -2.51. The van der Waals surface area contributed by atoms with E-state index in [4.69, 9.17) is 4.74 Å². The van der Waals surface area contributed by atoms with Gasteiger partial charge in [-0.25, -0.2) is 4.79 Å². The Kier molecular flexibility index (Phi) is 6.13. The lowest BCUT2D eigenvalue weighted by molar-refractivity contribution is -0.124. The molecule has 4 rings (SSSR count). The van der Waals surface area contributed by atoms with Crippen LogP contribution >= 0.6 is 0 Å². The van der Waals surface area contributed by atoms with Gasteiger partial charge in [-0.05, 0) is 48.6 Å². The highest BCUT2D eigenvalue weighted by Gasteiger charge is 2.43. The molecule has 29 heavy (non-hydrogen) atoms. The number of alkyl carbamates (subject to hydrolysis) is 1. The third kappa shape index (κ3) is 5.83. The molecule has 0 aliphatic heterocycles. The van der Waals surface area contributed by atoms with E-state index >= 15 is 0 Å². The van der Waals surface area contributed by atoms with Crippen LogP contribution in [0, 0.1) is 11.8 Å². The lowest BCUT2D eigenvalue weighted by atomic mass is 10.0. The van der Waals surface area contributed by atoms with Gasteiger partial charge in [0.15, 0.2) is 0 Å². The molecule has 152 valence electrons. The second kappa shape index (κ2) is 9.12. The Labute approximate surface area is 171 Å². The Morgan fingerprint density at radius 1 is 0.828 bits per heavy atom. The molecule has 2 aliphatic carbocycles. The van der Waals surface area contributed by atoms with Crippen LogP contribution in [0.2, 0.25) is 0 Å². The van der Waals surface area contributed by atoms with Gasteiger partial charge in [0.2, 0.25) is 5.91 Å². The molecule has 0 radical (unpaired) electrons. The highest BCUT2D eigenvalue weighted by atomic mass is 16.5. The summed E-state index contributed by atoms with van der Waals surface area (Å²) in [6.07, 6.45) is 4.64. The van der Waals surface area contributed by atoms with Crippen molar-refractivity contribution >= 4 is 12.0 Å². The molecule has 0 saturated heterocycles. The summed E-state index contributed by atoms with van der Waals surface area (Å²) < 4.78 is 5.34. The number of rotatable bonds is 9. The first-order valence-corrected chi connectivity index (χ1v) is 10.5. The van der Waals surface area contributed by atoms with Gasteiger partial charge in [-0.15, -0.1) is 0 Å². The van der Waals surface area contributed by atoms with Crippen molar-refractivity contribution in [3.63, 3.8) is 0 Å². The molecule has 0 heterocycles. The van der Waals surface area contributed by atoms with E-state index in [2.05, 4.69) is 10.6 Å². The van der Waals surface area contributed by atoms with Crippen molar-refractivity contribution in [1.82, 2.24) is 10.6 Å². The summed E-state index contributed by atoms with van der Waals surface area (Å²) >= 11 is 0. The maximum atomic E-state index is 13.1. The van der Waals surface area contributed by atoms with Crippen molar-refractivity contribution < 1.29 is 14.3 Å². The van der Waals surface area contributed by atoms with Gasteiger partial charge < -0.3 is 15.4 Å². The summed E-state index contributed by atoms with van der Waals surface area (Å²) in [6.45, 7) is 0.180. The fourth-order valence-electron chi connectivity index (χ4n) is 3.76. The predicted octanol–water partition coefficient (Wildman–Crippen LogP) is 3.83. The summed E-state index contributed by atoms with van der Waals surface area (Å²) in [5.41, 5.74) is 1.92. The largest absolute Gasteiger partial charge is 0.445 e. The van der Waals surface area contributed by atoms with Crippen LogP contribution in [0.1, 0.15) is 36.8 Å². The van der Waals surface area contributed by atoms with E-state index < -0.39 is 12.1 Å². The van der Waals surface area contributed by atoms with Crippen molar-refractivity contribution in [2.24, 2.45) is 11.8 Å². The normalized spacial score (nSPS) is 16.9. The first-order chi connectivity index (χ1) is 14.2. The van der Waals surface area contributed by atoms with Crippen LogP contribution in [-0.4, -0.2) is 24.1 Å². The molecule has 2 aromatic rings. The van der Waals surface area contributed by atoms with Crippen LogP contribution in [0.25, 0.3) is 0 Å². The standard InChI is InChI=1S/C24H28N2O3/c27-23(26-22(19-11-12-19)20-13-14-20)21(15-17-7-3-1-4-8-17)25-24(28)29-16-18-9-5-2-6-10-18/h1-10,19-22H,11-16H2,(H,25,28)(H,26,27)/t21-/m0/s1. The third-order valence-electron chi connectivity index (χ3n) is 5.67. The minimum Gasteiger partial charge on any atom is -0.445 e. The molecule has 2 aliphatic rings. The number of ether oxygens (including phenoxy) is 1. The van der Waals surface area contributed by atoms with Gasteiger partial charge >= 0.3 is 6.09 Å². The maximum Gasteiger partial charge on any atom is 0.408 e. The van der Waals surface area contributed by atoms with Gasteiger partial charge in [0.1, 0.15) is 12.6 Å². The number of hydrogen-bond donors (Lipinski definition) is 2. The molecule has 5 heteroatoms. The second-order valence-electron chi connectivity index (χ2n) is 8.16. The molecule has 1 atom stereocenters. The number of carbonyl (C=O) groups is 2. The minimum atomic E-state index is -0.652. The quantitative estimate of drug-likeness (QED) is 0.682. The fraction of sp³-hybridized carbons (Fsp3) is 0.417.